The second kappa shape index (κ2) is 7.91. The molecule has 0 fully saturated rings. The molecule has 92 valence electrons. The third kappa shape index (κ3) is 5.53. The van der Waals surface area contributed by atoms with E-state index in [0.29, 0.717) is 6.42 Å². The highest BCUT2D eigenvalue weighted by Gasteiger charge is 2.24. The molecule has 0 rings (SSSR count). The van der Waals surface area contributed by atoms with Crippen molar-refractivity contribution < 1.29 is 19.8 Å². The van der Waals surface area contributed by atoms with Crippen LogP contribution in [-0.2, 0) is 9.59 Å². The number of carbonyl (C=O) groups is 2. The summed E-state index contributed by atoms with van der Waals surface area (Å²) in [6.45, 7) is 3.95. The lowest BCUT2D eigenvalue weighted by molar-refractivity contribution is -0.147. The molecule has 16 heavy (non-hydrogen) atoms. The Kier molecular flexibility index (Phi) is 7.25. The minimum atomic E-state index is -1.06. The Morgan fingerprint density at radius 2 is 1.88 bits per heavy atom. The van der Waals surface area contributed by atoms with Crippen LogP contribution < -0.4 is 0 Å². The molecule has 0 spiro atoms. The topological polar surface area (TPSA) is 74.6 Å². The van der Waals surface area contributed by atoms with E-state index in [9.17, 15) is 9.59 Å². The van der Waals surface area contributed by atoms with E-state index in [4.69, 9.17) is 10.2 Å². The third-order valence-corrected chi connectivity index (χ3v) is 2.41. The molecule has 2 N–H and O–H groups in total. The average Bonchev–Trinajstić information content (AvgIpc) is 2.20. The number of carboxylic acids is 2. The minimum absolute atomic E-state index is 0.328. The largest absolute Gasteiger partial charge is 0.481 e. The summed E-state index contributed by atoms with van der Waals surface area (Å²) in [6.07, 6.45) is 4.80. The normalized spacial score (nSPS) is 13.5. The van der Waals surface area contributed by atoms with Crippen LogP contribution in [0.25, 0.3) is 0 Å². The summed E-state index contributed by atoms with van der Waals surface area (Å²) in [7, 11) is 0. The molecule has 0 bridgehead atoms. The van der Waals surface area contributed by atoms with Crippen molar-refractivity contribution in [3.63, 3.8) is 0 Å². The van der Waals surface area contributed by atoms with E-state index in [1.165, 1.54) is 0 Å². The van der Waals surface area contributed by atoms with Crippen LogP contribution >= 0.6 is 0 Å². The molecule has 0 radical (unpaired) electrons. The number of aliphatic carboxylic acids is 2. The first-order valence-electron chi connectivity index (χ1n) is 5.66. The Morgan fingerprint density at radius 3 is 2.25 bits per heavy atom. The molecule has 4 heteroatoms. The van der Waals surface area contributed by atoms with E-state index in [2.05, 4.69) is 0 Å². The Labute approximate surface area is 96.0 Å². The van der Waals surface area contributed by atoms with Crippen LogP contribution in [0.4, 0.5) is 0 Å². The molecule has 0 saturated carbocycles. The first-order chi connectivity index (χ1) is 7.52. The van der Waals surface area contributed by atoms with Crippen molar-refractivity contribution >= 4 is 11.9 Å². The number of allylic oxidation sites excluding steroid dienone is 1. The van der Waals surface area contributed by atoms with E-state index >= 15 is 0 Å². The molecule has 0 amide bonds. The number of hydrogen-bond acceptors (Lipinski definition) is 2. The number of rotatable bonds is 8. The standard InChI is InChI=1S/C12H20O4/c1-3-5-7-9(6-4-2)10(12(15)16)8-11(13)14/h6,10H,3-5,7-8H2,1-2H3,(H,13,14)(H,15,16)/b9-6+. The van der Waals surface area contributed by atoms with Crippen molar-refractivity contribution in [2.75, 3.05) is 0 Å². The van der Waals surface area contributed by atoms with E-state index in [1.54, 1.807) is 0 Å². The lowest BCUT2D eigenvalue weighted by atomic mass is 9.91. The van der Waals surface area contributed by atoms with Gasteiger partial charge in [-0.15, -0.1) is 0 Å². The summed E-state index contributed by atoms with van der Waals surface area (Å²) in [5.74, 6) is -2.98. The van der Waals surface area contributed by atoms with Crippen LogP contribution in [0, 0.1) is 5.92 Å². The summed E-state index contributed by atoms with van der Waals surface area (Å²) in [5, 5.41) is 17.7. The molecule has 0 saturated heterocycles. The Bertz CT molecular complexity index is 268. The molecule has 0 aliphatic rings. The molecule has 0 aliphatic heterocycles. The Balaban J connectivity index is 4.73. The number of unbranched alkanes of at least 4 members (excludes halogenated alkanes) is 1. The van der Waals surface area contributed by atoms with E-state index in [0.717, 1.165) is 24.8 Å². The van der Waals surface area contributed by atoms with Gasteiger partial charge in [0.05, 0.1) is 12.3 Å². The van der Waals surface area contributed by atoms with Crippen molar-refractivity contribution in [1.29, 1.82) is 0 Å². The van der Waals surface area contributed by atoms with Gasteiger partial charge in [0, 0.05) is 0 Å². The smallest absolute Gasteiger partial charge is 0.311 e. The summed E-state index contributed by atoms with van der Waals surface area (Å²) < 4.78 is 0. The summed E-state index contributed by atoms with van der Waals surface area (Å²) in [6, 6.07) is 0. The van der Waals surface area contributed by atoms with Gasteiger partial charge in [-0.2, -0.15) is 0 Å². The van der Waals surface area contributed by atoms with Crippen molar-refractivity contribution in [2.24, 2.45) is 5.92 Å². The van der Waals surface area contributed by atoms with Crippen LogP contribution in [0.15, 0.2) is 11.6 Å². The molecular formula is C12H20O4. The van der Waals surface area contributed by atoms with E-state index in [1.807, 2.05) is 19.9 Å². The van der Waals surface area contributed by atoms with Crippen LogP contribution in [0.5, 0.6) is 0 Å². The van der Waals surface area contributed by atoms with Gasteiger partial charge in [0.25, 0.3) is 0 Å². The molecule has 4 nitrogen and oxygen atoms in total. The quantitative estimate of drug-likeness (QED) is 0.626. The lowest BCUT2D eigenvalue weighted by Crippen LogP contribution is -2.20. The van der Waals surface area contributed by atoms with Gasteiger partial charge in [-0.05, 0) is 19.3 Å². The fraction of sp³-hybridized carbons (Fsp3) is 0.667. The molecule has 0 aromatic carbocycles. The van der Waals surface area contributed by atoms with Gasteiger partial charge in [-0.25, -0.2) is 0 Å². The van der Waals surface area contributed by atoms with Crippen LogP contribution in [-0.4, -0.2) is 22.2 Å². The van der Waals surface area contributed by atoms with Gasteiger partial charge < -0.3 is 10.2 Å². The molecule has 0 heterocycles. The molecule has 0 aromatic heterocycles. The predicted molar refractivity (Wildman–Crippen MR) is 61.3 cm³/mol. The maximum absolute atomic E-state index is 11.0. The Morgan fingerprint density at radius 1 is 1.25 bits per heavy atom. The van der Waals surface area contributed by atoms with Crippen LogP contribution in [0.1, 0.15) is 46.0 Å². The van der Waals surface area contributed by atoms with Crippen molar-refractivity contribution in [1.82, 2.24) is 0 Å². The van der Waals surface area contributed by atoms with E-state index in [-0.39, 0.29) is 6.42 Å². The van der Waals surface area contributed by atoms with Gasteiger partial charge in [-0.1, -0.05) is 31.9 Å². The monoisotopic (exact) mass is 228 g/mol. The van der Waals surface area contributed by atoms with Crippen molar-refractivity contribution in [3.8, 4) is 0 Å². The summed E-state index contributed by atoms with van der Waals surface area (Å²) >= 11 is 0. The SMILES string of the molecule is CC/C=C(\CCCC)C(CC(=O)O)C(=O)O. The van der Waals surface area contributed by atoms with Crippen molar-refractivity contribution in [3.05, 3.63) is 11.6 Å². The van der Waals surface area contributed by atoms with Gasteiger partial charge >= 0.3 is 11.9 Å². The average molecular weight is 228 g/mol. The van der Waals surface area contributed by atoms with Gasteiger partial charge in [-0.3, -0.25) is 9.59 Å². The first-order valence-corrected chi connectivity index (χ1v) is 5.66. The first kappa shape index (κ1) is 14.7. The Hall–Kier alpha value is -1.32. The summed E-state index contributed by atoms with van der Waals surface area (Å²) in [5.41, 5.74) is 0.749. The maximum Gasteiger partial charge on any atom is 0.311 e. The van der Waals surface area contributed by atoms with Crippen LogP contribution in [0.3, 0.4) is 0 Å². The highest BCUT2D eigenvalue weighted by atomic mass is 16.4. The fourth-order valence-corrected chi connectivity index (χ4v) is 1.61. The highest BCUT2D eigenvalue weighted by Crippen LogP contribution is 2.22. The second-order valence-corrected chi connectivity index (χ2v) is 3.78. The molecular weight excluding hydrogens is 208 g/mol. The lowest BCUT2D eigenvalue weighted by Gasteiger charge is -2.14. The van der Waals surface area contributed by atoms with Gasteiger partial charge in [0.1, 0.15) is 0 Å². The third-order valence-electron chi connectivity index (χ3n) is 2.41. The zero-order valence-electron chi connectivity index (χ0n) is 9.90. The number of hydrogen-bond donors (Lipinski definition) is 2. The molecule has 1 atom stereocenters. The summed E-state index contributed by atoms with van der Waals surface area (Å²) in [4.78, 5) is 21.6. The number of carboxylic acid groups (broad SMARTS) is 2. The zero-order valence-corrected chi connectivity index (χ0v) is 9.90. The minimum Gasteiger partial charge on any atom is -0.481 e. The van der Waals surface area contributed by atoms with Gasteiger partial charge in [0.15, 0.2) is 0 Å². The van der Waals surface area contributed by atoms with Gasteiger partial charge in [0.2, 0.25) is 0 Å². The second-order valence-electron chi connectivity index (χ2n) is 3.78. The molecule has 0 aliphatic carbocycles. The fourth-order valence-electron chi connectivity index (χ4n) is 1.61. The van der Waals surface area contributed by atoms with Crippen LogP contribution in [0.2, 0.25) is 0 Å². The molecule has 1 unspecified atom stereocenters. The maximum atomic E-state index is 11.0. The highest BCUT2D eigenvalue weighted by molar-refractivity contribution is 5.80. The predicted octanol–water partition coefficient (Wildman–Crippen LogP) is 2.69. The zero-order chi connectivity index (χ0) is 12.6. The van der Waals surface area contributed by atoms with Crippen molar-refractivity contribution in [2.45, 2.75) is 46.0 Å². The molecule has 0 aromatic rings. The van der Waals surface area contributed by atoms with E-state index < -0.39 is 17.9 Å².